The predicted octanol–water partition coefficient (Wildman–Crippen LogP) is 4.85. The average molecular weight is 393 g/mol. The van der Waals surface area contributed by atoms with Crippen LogP contribution in [0.2, 0.25) is 0 Å². The van der Waals surface area contributed by atoms with Gasteiger partial charge in [0.2, 0.25) is 5.91 Å². The third-order valence-electron chi connectivity index (χ3n) is 5.93. The molecule has 148 valence electrons. The van der Waals surface area contributed by atoms with Gasteiger partial charge in [-0.1, -0.05) is 13.0 Å². The van der Waals surface area contributed by atoms with Gasteiger partial charge in [0.1, 0.15) is 17.3 Å². The monoisotopic (exact) mass is 393 g/mol. The smallest absolute Gasteiger partial charge is 0.365 e. The summed E-state index contributed by atoms with van der Waals surface area (Å²) in [5, 5.41) is 5.91. The second-order valence-electron chi connectivity index (χ2n) is 7.92. The maximum Gasteiger partial charge on any atom is 0.433 e. The SMILES string of the molecule is CC(C(=O)Nc1ccc(F)cc1)C12CC(Nc3cccc(C(F)(F)F)n3)(C1)C2. The molecular formula is C20H19F4N3O. The number of benzene rings is 1. The molecule has 0 saturated heterocycles. The van der Waals surface area contributed by atoms with Crippen LogP contribution in [-0.2, 0) is 11.0 Å². The molecule has 1 aromatic heterocycles. The first-order valence-electron chi connectivity index (χ1n) is 9.00. The Morgan fingerprint density at radius 1 is 1.11 bits per heavy atom. The van der Waals surface area contributed by atoms with Gasteiger partial charge in [0.05, 0.1) is 0 Å². The molecule has 1 heterocycles. The van der Waals surface area contributed by atoms with Crippen LogP contribution in [0, 0.1) is 17.2 Å². The van der Waals surface area contributed by atoms with Crippen molar-refractivity contribution in [3.05, 3.63) is 54.0 Å². The zero-order chi connectivity index (χ0) is 20.2. The molecule has 1 aromatic carbocycles. The van der Waals surface area contributed by atoms with E-state index in [1.165, 1.54) is 36.4 Å². The number of carbonyl (C=O) groups is 1. The van der Waals surface area contributed by atoms with E-state index < -0.39 is 11.9 Å². The Labute approximate surface area is 159 Å². The summed E-state index contributed by atoms with van der Waals surface area (Å²) in [6.07, 6.45) is -2.37. The van der Waals surface area contributed by atoms with Gasteiger partial charge in [-0.3, -0.25) is 4.79 Å². The van der Waals surface area contributed by atoms with Gasteiger partial charge >= 0.3 is 6.18 Å². The highest BCUT2D eigenvalue weighted by molar-refractivity contribution is 5.93. The fourth-order valence-corrected chi connectivity index (χ4v) is 4.45. The van der Waals surface area contributed by atoms with E-state index in [4.69, 9.17) is 0 Å². The molecule has 3 saturated carbocycles. The molecular weight excluding hydrogens is 374 g/mol. The maximum atomic E-state index is 13.0. The largest absolute Gasteiger partial charge is 0.433 e. The molecule has 3 fully saturated rings. The van der Waals surface area contributed by atoms with Gasteiger partial charge in [0.25, 0.3) is 0 Å². The molecule has 2 aromatic rings. The van der Waals surface area contributed by atoms with Crippen LogP contribution in [0.4, 0.5) is 29.1 Å². The van der Waals surface area contributed by atoms with E-state index in [-0.39, 0.29) is 34.4 Å². The average Bonchev–Trinajstić information content (AvgIpc) is 2.58. The van der Waals surface area contributed by atoms with Crippen LogP contribution in [-0.4, -0.2) is 16.4 Å². The lowest BCUT2D eigenvalue weighted by atomic mass is 9.36. The summed E-state index contributed by atoms with van der Waals surface area (Å²) in [5.41, 5.74) is -0.836. The normalized spacial score (nSPS) is 26.6. The molecule has 1 unspecified atom stereocenters. The molecule has 4 nitrogen and oxygen atoms in total. The summed E-state index contributed by atoms with van der Waals surface area (Å²) >= 11 is 0. The van der Waals surface area contributed by atoms with Crippen molar-refractivity contribution in [3.8, 4) is 0 Å². The number of hydrogen-bond donors (Lipinski definition) is 2. The van der Waals surface area contributed by atoms with E-state index in [0.29, 0.717) is 24.9 Å². The highest BCUT2D eigenvalue weighted by Crippen LogP contribution is 2.71. The van der Waals surface area contributed by atoms with Gasteiger partial charge in [-0.05, 0) is 61.1 Å². The highest BCUT2D eigenvalue weighted by Gasteiger charge is 2.70. The number of hydrogen-bond acceptors (Lipinski definition) is 3. The summed E-state index contributed by atoms with van der Waals surface area (Å²) in [6.45, 7) is 1.85. The minimum atomic E-state index is -4.48. The number of alkyl halides is 3. The van der Waals surface area contributed by atoms with Crippen molar-refractivity contribution in [1.82, 2.24) is 4.98 Å². The van der Waals surface area contributed by atoms with Crippen LogP contribution in [0.1, 0.15) is 31.9 Å². The van der Waals surface area contributed by atoms with Crippen LogP contribution < -0.4 is 10.6 Å². The topological polar surface area (TPSA) is 54.0 Å². The van der Waals surface area contributed by atoms with Gasteiger partial charge in [-0.25, -0.2) is 9.37 Å². The molecule has 0 radical (unpaired) electrons. The van der Waals surface area contributed by atoms with Crippen LogP contribution >= 0.6 is 0 Å². The van der Waals surface area contributed by atoms with Crippen molar-refractivity contribution in [3.63, 3.8) is 0 Å². The number of nitrogens with one attached hydrogen (secondary N) is 2. The number of amides is 1. The molecule has 3 aliphatic carbocycles. The minimum Gasteiger partial charge on any atom is -0.365 e. The van der Waals surface area contributed by atoms with E-state index in [1.54, 1.807) is 0 Å². The Bertz CT molecular complexity index is 891. The third kappa shape index (κ3) is 3.21. The van der Waals surface area contributed by atoms with E-state index in [1.807, 2.05) is 6.92 Å². The van der Waals surface area contributed by atoms with Gasteiger partial charge in [-0.15, -0.1) is 0 Å². The van der Waals surface area contributed by atoms with Crippen molar-refractivity contribution in [2.75, 3.05) is 10.6 Å². The Morgan fingerprint density at radius 2 is 1.75 bits per heavy atom. The second kappa shape index (κ2) is 6.18. The second-order valence-corrected chi connectivity index (χ2v) is 7.92. The Morgan fingerprint density at radius 3 is 2.36 bits per heavy atom. The van der Waals surface area contributed by atoms with Crippen molar-refractivity contribution >= 4 is 17.4 Å². The van der Waals surface area contributed by atoms with Crippen molar-refractivity contribution in [2.24, 2.45) is 11.3 Å². The number of anilines is 2. The molecule has 28 heavy (non-hydrogen) atoms. The van der Waals surface area contributed by atoms with Gasteiger partial charge in [0, 0.05) is 17.1 Å². The number of carbonyl (C=O) groups excluding carboxylic acids is 1. The molecule has 5 rings (SSSR count). The van der Waals surface area contributed by atoms with E-state index in [9.17, 15) is 22.4 Å². The zero-order valence-corrected chi connectivity index (χ0v) is 15.1. The molecule has 3 aliphatic rings. The standard InChI is InChI=1S/C20H19F4N3O/c1-12(17(28)25-14-7-5-13(21)6-8-14)18-9-19(10-18,11-18)27-16-4-2-3-15(26-16)20(22,23)24/h2-8,12H,9-11H2,1H3,(H,25,28)(H,26,27). The van der Waals surface area contributed by atoms with Crippen LogP contribution in [0.25, 0.3) is 0 Å². The fourth-order valence-electron chi connectivity index (χ4n) is 4.45. The van der Waals surface area contributed by atoms with Gasteiger partial charge < -0.3 is 10.6 Å². The third-order valence-corrected chi connectivity index (χ3v) is 5.93. The summed E-state index contributed by atoms with van der Waals surface area (Å²) in [7, 11) is 0. The number of nitrogens with zero attached hydrogens (tertiary/aromatic N) is 1. The number of halogens is 4. The molecule has 1 amide bonds. The minimum absolute atomic E-state index is 0.142. The zero-order valence-electron chi connectivity index (χ0n) is 15.1. The predicted molar refractivity (Wildman–Crippen MR) is 96.1 cm³/mol. The van der Waals surface area contributed by atoms with Crippen LogP contribution in [0.3, 0.4) is 0 Å². The summed E-state index contributed by atoms with van der Waals surface area (Å²) in [6, 6.07) is 9.36. The lowest BCUT2D eigenvalue weighted by Gasteiger charge is -2.72. The van der Waals surface area contributed by atoms with Crippen molar-refractivity contribution in [2.45, 2.75) is 37.9 Å². The first-order valence-corrected chi connectivity index (χ1v) is 9.00. The first kappa shape index (κ1) is 18.7. The Hall–Kier alpha value is -2.64. The summed E-state index contributed by atoms with van der Waals surface area (Å²) in [5.74, 6) is -0.568. The molecule has 2 N–H and O–H groups in total. The quantitative estimate of drug-likeness (QED) is 0.714. The summed E-state index contributed by atoms with van der Waals surface area (Å²) < 4.78 is 51.4. The van der Waals surface area contributed by atoms with E-state index in [0.717, 1.165) is 6.07 Å². The molecule has 8 heteroatoms. The van der Waals surface area contributed by atoms with Crippen molar-refractivity contribution < 1.29 is 22.4 Å². The Kier molecular flexibility index (Phi) is 4.13. The lowest BCUT2D eigenvalue weighted by Crippen LogP contribution is -2.74. The van der Waals surface area contributed by atoms with Gasteiger partial charge in [0.15, 0.2) is 0 Å². The summed E-state index contributed by atoms with van der Waals surface area (Å²) in [4.78, 5) is 16.2. The highest BCUT2D eigenvalue weighted by atomic mass is 19.4. The number of pyridine rings is 1. The maximum absolute atomic E-state index is 13.0. The fraction of sp³-hybridized carbons (Fsp3) is 0.400. The molecule has 2 bridgehead atoms. The molecule has 1 atom stereocenters. The first-order chi connectivity index (χ1) is 13.1. The van der Waals surface area contributed by atoms with Gasteiger partial charge in [-0.2, -0.15) is 13.2 Å². The lowest BCUT2D eigenvalue weighted by molar-refractivity contribution is -0.166. The molecule has 0 aliphatic heterocycles. The Balaban J connectivity index is 1.36. The number of aromatic nitrogens is 1. The number of rotatable bonds is 5. The van der Waals surface area contributed by atoms with Crippen LogP contribution in [0.15, 0.2) is 42.5 Å². The van der Waals surface area contributed by atoms with E-state index in [2.05, 4.69) is 15.6 Å². The van der Waals surface area contributed by atoms with Crippen molar-refractivity contribution in [1.29, 1.82) is 0 Å². The van der Waals surface area contributed by atoms with E-state index >= 15 is 0 Å². The van der Waals surface area contributed by atoms with Crippen LogP contribution in [0.5, 0.6) is 0 Å². The molecule has 0 spiro atoms.